The average molecular weight is 555 g/mol. The van der Waals surface area contributed by atoms with Gasteiger partial charge in [-0.05, 0) is 98.1 Å². The van der Waals surface area contributed by atoms with Crippen LogP contribution in [0.25, 0.3) is 11.1 Å². The molecule has 4 rings (SSSR count). The number of halogens is 4. The molecule has 3 aromatic rings. The quantitative estimate of drug-likeness (QED) is 0.119. The first-order valence-electron chi connectivity index (χ1n) is 14.3. The Morgan fingerprint density at radius 2 is 1.55 bits per heavy atom. The second-order valence-electron chi connectivity index (χ2n) is 10.6. The van der Waals surface area contributed by atoms with Crippen molar-refractivity contribution >= 4 is 0 Å². The third-order valence-corrected chi connectivity index (χ3v) is 7.86. The topological polar surface area (TPSA) is 18.5 Å². The zero-order chi connectivity index (χ0) is 28.5. The van der Waals surface area contributed by atoms with Crippen molar-refractivity contribution < 1.29 is 27.0 Å². The molecule has 0 amide bonds. The maximum Gasteiger partial charge on any atom is 0.200 e. The lowest BCUT2D eigenvalue weighted by Gasteiger charge is -2.29. The lowest BCUT2D eigenvalue weighted by atomic mass is 9.76. The van der Waals surface area contributed by atoms with Crippen LogP contribution in [0.5, 0.6) is 11.5 Å². The molecule has 40 heavy (non-hydrogen) atoms. The summed E-state index contributed by atoms with van der Waals surface area (Å²) < 4.78 is 70.2. The fraction of sp³-hybridized carbons (Fsp3) is 0.412. The summed E-state index contributed by atoms with van der Waals surface area (Å²) in [4.78, 5) is 0. The van der Waals surface area contributed by atoms with E-state index in [0.29, 0.717) is 54.2 Å². The summed E-state index contributed by atoms with van der Waals surface area (Å²) in [6, 6.07) is 13.5. The highest BCUT2D eigenvalue weighted by molar-refractivity contribution is 5.65. The first-order valence-corrected chi connectivity index (χ1v) is 14.3. The standard InChI is InChI=1S/C34H38F4O2/c1-3-5-21-39-27-16-13-25(14-17-27)29-19-18-28(32(36)33(29)37)24-10-7-23(8-11-24)9-12-26-15-20-30(34(38)31(26)35)40-22-6-4-2/h4,13-20,23-24H,2-3,5-12,21-22H2,1H3. The minimum absolute atomic E-state index is 0.0599. The van der Waals surface area contributed by atoms with Gasteiger partial charge in [0.15, 0.2) is 23.2 Å². The first kappa shape index (κ1) is 29.7. The van der Waals surface area contributed by atoms with Gasteiger partial charge in [0, 0.05) is 5.56 Å². The minimum atomic E-state index is -0.956. The molecule has 0 atom stereocenters. The Balaban J connectivity index is 1.32. The number of aryl methyl sites for hydroxylation is 1. The summed E-state index contributed by atoms with van der Waals surface area (Å²) in [6.45, 7) is 6.55. The Bertz CT molecular complexity index is 1260. The fourth-order valence-corrected chi connectivity index (χ4v) is 5.42. The Labute approximate surface area is 235 Å². The Kier molecular flexibility index (Phi) is 10.7. The molecular weight excluding hydrogens is 516 g/mol. The molecule has 0 bridgehead atoms. The van der Waals surface area contributed by atoms with Gasteiger partial charge < -0.3 is 9.47 Å². The van der Waals surface area contributed by atoms with Crippen molar-refractivity contribution in [1.29, 1.82) is 0 Å². The second kappa shape index (κ2) is 14.4. The van der Waals surface area contributed by atoms with Gasteiger partial charge in [0.2, 0.25) is 5.82 Å². The maximum absolute atomic E-state index is 15.2. The maximum atomic E-state index is 15.2. The molecule has 0 radical (unpaired) electrons. The summed E-state index contributed by atoms with van der Waals surface area (Å²) in [6.07, 6.45) is 8.48. The van der Waals surface area contributed by atoms with E-state index in [-0.39, 0.29) is 23.8 Å². The molecule has 1 saturated carbocycles. The van der Waals surface area contributed by atoms with Crippen molar-refractivity contribution in [2.24, 2.45) is 5.92 Å². The van der Waals surface area contributed by atoms with Crippen LogP contribution in [-0.2, 0) is 6.42 Å². The van der Waals surface area contributed by atoms with Crippen LogP contribution < -0.4 is 9.47 Å². The number of rotatable bonds is 13. The molecule has 0 spiro atoms. The smallest absolute Gasteiger partial charge is 0.200 e. The number of hydrogen-bond acceptors (Lipinski definition) is 2. The number of ether oxygens (including phenoxy) is 2. The first-order chi connectivity index (χ1) is 19.4. The van der Waals surface area contributed by atoms with Crippen LogP contribution in [0.3, 0.4) is 0 Å². The van der Waals surface area contributed by atoms with E-state index in [1.165, 1.54) is 6.07 Å². The summed E-state index contributed by atoms with van der Waals surface area (Å²) >= 11 is 0. The lowest BCUT2D eigenvalue weighted by molar-refractivity contribution is 0.297. The van der Waals surface area contributed by atoms with Crippen LogP contribution in [0, 0.1) is 29.2 Å². The minimum Gasteiger partial charge on any atom is -0.494 e. The van der Waals surface area contributed by atoms with Crippen molar-refractivity contribution in [2.75, 3.05) is 13.2 Å². The molecule has 2 nitrogen and oxygen atoms in total. The van der Waals surface area contributed by atoms with E-state index in [1.807, 2.05) is 0 Å². The number of benzene rings is 3. The monoisotopic (exact) mass is 554 g/mol. The fourth-order valence-electron chi connectivity index (χ4n) is 5.42. The van der Waals surface area contributed by atoms with Crippen LogP contribution in [0.2, 0.25) is 0 Å². The average Bonchev–Trinajstić information content (AvgIpc) is 2.97. The van der Waals surface area contributed by atoms with Crippen molar-refractivity contribution in [3.05, 3.63) is 95.6 Å². The summed E-state index contributed by atoms with van der Waals surface area (Å²) in [5.74, 6) is -2.53. The second-order valence-corrected chi connectivity index (χ2v) is 10.6. The van der Waals surface area contributed by atoms with E-state index in [9.17, 15) is 8.78 Å². The molecule has 0 N–H and O–H groups in total. The van der Waals surface area contributed by atoms with Gasteiger partial charge in [0.25, 0.3) is 0 Å². The molecule has 0 saturated heterocycles. The van der Waals surface area contributed by atoms with Crippen molar-refractivity contribution in [3.8, 4) is 22.6 Å². The molecular formula is C34H38F4O2. The van der Waals surface area contributed by atoms with E-state index in [0.717, 1.165) is 38.5 Å². The molecule has 1 fully saturated rings. The molecule has 214 valence electrons. The molecule has 6 heteroatoms. The highest BCUT2D eigenvalue weighted by Gasteiger charge is 2.27. The zero-order valence-corrected chi connectivity index (χ0v) is 23.2. The van der Waals surface area contributed by atoms with Gasteiger partial charge in [-0.2, -0.15) is 4.39 Å². The highest BCUT2D eigenvalue weighted by Crippen LogP contribution is 2.40. The number of hydrogen-bond donors (Lipinski definition) is 0. The molecule has 0 unspecified atom stereocenters. The molecule has 0 heterocycles. The van der Waals surface area contributed by atoms with Gasteiger partial charge in [-0.15, -0.1) is 6.58 Å². The summed E-state index contributed by atoms with van der Waals surface area (Å²) in [5.41, 5.74) is 1.59. The van der Waals surface area contributed by atoms with Gasteiger partial charge in [0.05, 0.1) is 13.2 Å². The van der Waals surface area contributed by atoms with E-state index < -0.39 is 23.3 Å². The molecule has 3 aromatic carbocycles. The van der Waals surface area contributed by atoms with Gasteiger partial charge in [-0.25, -0.2) is 13.2 Å². The Morgan fingerprint density at radius 3 is 2.25 bits per heavy atom. The Morgan fingerprint density at radius 1 is 0.800 bits per heavy atom. The largest absolute Gasteiger partial charge is 0.494 e. The third kappa shape index (κ3) is 7.26. The van der Waals surface area contributed by atoms with Gasteiger partial charge in [-0.1, -0.05) is 49.8 Å². The van der Waals surface area contributed by atoms with Crippen molar-refractivity contribution in [3.63, 3.8) is 0 Å². The van der Waals surface area contributed by atoms with E-state index >= 15 is 8.78 Å². The zero-order valence-electron chi connectivity index (χ0n) is 23.2. The van der Waals surface area contributed by atoms with Crippen LogP contribution >= 0.6 is 0 Å². The summed E-state index contributed by atoms with van der Waals surface area (Å²) in [5, 5.41) is 0. The Hall–Kier alpha value is -3.28. The van der Waals surface area contributed by atoms with Crippen LogP contribution in [-0.4, -0.2) is 13.2 Å². The van der Waals surface area contributed by atoms with Crippen LogP contribution in [0.1, 0.15) is 75.3 Å². The molecule has 1 aliphatic carbocycles. The van der Waals surface area contributed by atoms with E-state index in [4.69, 9.17) is 9.47 Å². The van der Waals surface area contributed by atoms with Gasteiger partial charge >= 0.3 is 0 Å². The number of unbranched alkanes of at least 4 members (excludes halogenated alkanes) is 1. The van der Waals surface area contributed by atoms with Gasteiger partial charge in [-0.3, -0.25) is 0 Å². The molecule has 0 aromatic heterocycles. The predicted molar refractivity (Wildman–Crippen MR) is 152 cm³/mol. The van der Waals surface area contributed by atoms with Gasteiger partial charge in [0.1, 0.15) is 5.75 Å². The highest BCUT2D eigenvalue weighted by atomic mass is 19.2. The predicted octanol–water partition coefficient (Wildman–Crippen LogP) is 9.95. The van der Waals surface area contributed by atoms with Crippen molar-refractivity contribution in [2.45, 2.75) is 70.6 Å². The normalized spacial score (nSPS) is 17.0. The lowest BCUT2D eigenvalue weighted by Crippen LogP contribution is -2.16. The summed E-state index contributed by atoms with van der Waals surface area (Å²) in [7, 11) is 0. The third-order valence-electron chi connectivity index (χ3n) is 7.86. The molecule has 1 aliphatic rings. The molecule has 0 aliphatic heterocycles. The van der Waals surface area contributed by atoms with Crippen LogP contribution in [0.15, 0.2) is 61.2 Å². The van der Waals surface area contributed by atoms with E-state index in [2.05, 4.69) is 13.5 Å². The van der Waals surface area contributed by atoms with E-state index in [1.54, 1.807) is 48.5 Å². The SMILES string of the molecule is C=CCCOc1ccc(CCC2CCC(c3ccc(-c4ccc(OCCCC)cc4)c(F)c3F)CC2)c(F)c1F. The van der Waals surface area contributed by atoms with Crippen molar-refractivity contribution in [1.82, 2.24) is 0 Å². The van der Waals surface area contributed by atoms with Crippen LogP contribution in [0.4, 0.5) is 17.6 Å².